The van der Waals surface area contributed by atoms with Crippen LogP contribution in [0.2, 0.25) is 5.82 Å². The van der Waals surface area contributed by atoms with Gasteiger partial charge in [0, 0.05) is 5.82 Å². The second-order valence-corrected chi connectivity index (χ2v) is 6.09. The Labute approximate surface area is 119 Å². The van der Waals surface area contributed by atoms with E-state index in [2.05, 4.69) is 6.92 Å². The average Bonchev–Trinajstić information content (AvgIpc) is 3.10. The maximum atomic E-state index is 12.7. The van der Waals surface area contributed by atoms with Gasteiger partial charge < -0.3 is 4.74 Å². The standard InChI is InChI=1S/C15H18BNO3/c1-15(7-8-15)12(16)13(18)17-11(9-20-14(17)19)10-5-3-2-4-6-10/h2-6,11-12H,7-9,16H2,1H3/t11-,12-/m0/s1. The first-order valence-electron chi connectivity index (χ1n) is 7.08. The summed E-state index contributed by atoms with van der Waals surface area (Å²) in [5, 5.41) is 0. The number of hydrogen-bond acceptors (Lipinski definition) is 3. The summed E-state index contributed by atoms with van der Waals surface area (Å²) in [7, 11) is 1.92. The Morgan fingerprint density at radius 1 is 1.40 bits per heavy atom. The number of amides is 2. The zero-order chi connectivity index (χ0) is 14.3. The Balaban J connectivity index is 1.85. The molecule has 1 aliphatic carbocycles. The molecule has 1 aromatic carbocycles. The van der Waals surface area contributed by atoms with Crippen LogP contribution in [0.4, 0.5) is 4.79 Å². The topological polar surface area (TPSA) is 46.6 Å². The molecule has 2 amide bonds. The largest absolute Gasteiger partial charge is 0.446 e. The van der Waals surface area contributed by atoms with Gasteiger partial charge in [0.1, 0.15) is 20.5 Å². The van der Waals surface area contributed by atoms with Crippen molar-refractivity contribution in [2.24, 2.45) is 5.41 Å². The molecule has 2 atom stereocenters. The molecule has 0 unspecified atom stereocenters. The van der Waals surface area contributed by atoms with Crippen LogP contribution >= 0.6 is 0 Å². The summed E-state index contributed by atoms with van der Waals surface area (Å²) in [5.74, 6) is -0.249. The minimum atomic E-state index is -0.514. The van der Waals surface area contributed by atoms with Crippen LogP contribution in [0.1, 0.15) is 31.4 Å². The zero-order valence-corrected chi connectivity index (χ0v) is 11.8. The van der Waals surface area contributed by atoms with E-state index in [1.54, 1.807) is 0 Å². The maximum absolute atomic E-state index is 12.7. The molecule has 5 heteroatoms. The van der Waals surface area contributed by atoms with E-state index in [0.717, 1.165) is 18.4 Å². The highest BCUT2D eigenvalue weighted by Crippen LogP contribution is 2.54. The Morgan fingerprint density at radius 2 is 2.05 bits per heavy atom. The number of ether oxygens (including phenoxy) is 1. The molecule has 20 heavy (non-hydrogen) atoms. The van der Waals surface area contributed by atoms with Crippen molar-refractivity contribution >= 4 is 19.8 Å². The summed E-state index contributed by atoms with van der Waals surface area (Å²) >= 11 is 0. The number of carbonyl (C=O) groups excluding carboxylic acids is 2. The Kier molecular flexibility index (Phi) is 3.07. The predicted octanol–water partition coefficient (Wildman–Crippen LogP) is 1.93. The summed E-state index contributed by atoms with van der Waals surface area (Å²) in [6.07, 6.45) is 1.59. The highest BCUT2D eigenvalue weighted by molar-refractivity contribution is 6.26. The van der Waals surface area contributed by atoms with Crippen molar-refractivity contribution in [3.8, 4) is 0 Å². The van der Waals surface area contributed by atoms with Crippen molar-refractivity contribution in [2.75, 3.05) is 6.61 Å². The maximum Gasteiger partial charge on any atom is 0.417 e. The highest BCUT2D eigenvalue weighted by atomic mass is 16.6. The molecular weight excluding hydrogens is 253 g/mol. The summed E-state index contributed by atoms with van der Waals surface area (Å²) in [6.45, 7) is 2.35. The molecular formula is C15H18BNO3. The zero-order valence-electron chi connectivity index (χ0n) is 11.8. The number of hydrogen-bond donors (Lipinski definition) is 0. The van der Waals surface area contributed by atoms with Gasteiger partial charge in [-0.05, 0) is 23.8 Å². The lowest BCUT2D eigenvalue weighted by Gasteiger charge is -2.26. The SMILES string of the molecule is B[C@@H](C(=O)N1C(=O)OC[C@H]1c1ccccc1)C1(C)CC1. The molecule has 0 aromatic heterocycles. The fourth-order valence-electron chi connectivity index (χ4n) is 2.72. The van der Waals surface area contributed by atoms with Gasteiger partial charge in [-0.1, -0.05) is 37.3 Å². The van der Waals surface area contributed by atoms with Gasteiger partial charge in [-0.2, -0.15) is 0 Å². The van der Waals surface area contributed by atoms with Crippen LogP contribution in [0.25, 0.3) is 0 Å². The first-order chi connectivity index (χ1) is 9.53. The number of imide groups is 1. The molecule has 1 aromatic rings. The minimum absolute atomic E-state index is 0.0567. The molecule has 0 bridgehead atoms. The first kappa shape index (κ1) is 13.2. The molecule has 0 N–H and O–H groups in total. The lowest BCUT2D eigenvalue weighted by molar-refractivity contribution is -0.130. The number of cyclic esters (lactones) is 1. The molecule has 3 rings (SSSR count). The summed E-state index contributed by atoms with van der Waals surface area (Å²) < 4.78 is 5.10. The van der Waals surface area contributed by atoms with Crippen molar-refractivity contribution in [2.45, 2.75) is 31.6 Å². The second kappa shape index (κ2) is 4.65. The molecule has 0 spiro atoms. The van der Waals surface area contributed by atoms with Crippen molar-refractivity contribution in [1.29, 1.82) is 0 Å². The van der Waals surface area contributed by atoms with E-state index in [1.165, 1.54) is 4.90 Å². The van der Waals surface area contributed by atoms with E-state index in [-0.39, 0.29) is 29.8 Å². The van der Waals surface area contributed by atoms with E-state index in [4.69, 9.17) is 4.74 Å². The third kappa shape index (κ3) is 2.11. The second-order valence-electron chi connectivity index (χ2n) is 6.09. The van der Waals surface area contributed by atoms with E-state index in [1.807, 2.05) is 38.2 Å². The number of benzene rings is 1. The van der Waals surface area contributed by atoms with E-state index >= 15 is 0 Å². The van der Waals surface area contributed by atoms with Gasteiger partial charge in [-0.3, -0.25) is 4.79 Å². The average molecular weight is 271 g/mol. The Hall–Kier alpha value is -1.78. The smallest absolute Gasteiger partial charge is 0.417 e. The Morgan fingerprint density at radius 3 is 2.65 bits per heavy atom. The van der Waals surface area contributed by atoms with Gasteiger partial charge in [-0.25, -0.2) is 9.69 Å². The van der Waals surface area contributed by atoms with Crippen LogP contribution in [0.15, 0.2) is 30.3 Å². The molecule has 1 heterocycles. The molecule has 2 aliphatic rings. The van der Waals surface area contributed by atoms with Crippen LogP contribution < -0.4 is 0 Å². The van der Waals surface area contributed by atoms with Crippen molar-refractivity contribution in [3.05, 3.63) is 35.9 Å². The quantitative estimate of drug-likeness (QED) is 0.789. The van der Waals surface area contributed by atoms with Gasteiger partial charge in [-0.15, -0.1) is 0 Å². The molecule has 4 nitrogen and oxygen atoms in total. The number of carbonyl (C=O) groups is 2. The third-order valence-corrected chi connectivity index (χ3v) is 4.75. The molecule has 2 fully saturated rings. The monoisotopic (exact) mass is 271 g/mol. The van der Waals surface area contributed by atoms with E-state index in [9.17, 15) is 9.59 Å². The fourth-order valence-corrected chi connectivity index (χ4v) is 2.72. The van der Waals surface area contributed by atoms with Crippen molar-refractivity contribution in [3.63, 3.8) is 0 Å². The normalized spacial score (nSPS) is 25.1. The van der Waals surface area contributed by atoms with Gasteiger partial charge >= 0.3 is 6.09 Å². The van der Waals surface area contributed by atoms with Crippen LogP contribution in [-0.4, -0.2) is 31.4 Å². The van der Waals surface area contributed by atoms with Gasteiger partial charge in [0.25, 0.3) is 0 Å². The van der Waals surface area contributed by atoms with E-state index < -0.39 is 6.09 Å². The summed E-state index contributed by atoms with van der Waals surface area (Å²) in [4.78, 5) is 25.9. The Bertz CT molecular complexity index is 541. The summed E-state index contributed by atoms with van der Waals surface area (Å²) in [5.41, 5.74) is 1.00. The minimum Gasteiger partial charge on any atom is -0.446 e. The van der Waals surface area contributed by atoms with Crippen LogP contribution in [0.3, 0.4) is 0 Å². The highest BCUT2D eigenvalue weighted by Gasteiger charge is 2.50. The number of rotatable bonds is 3. The lowest BCUT2D eigenvalue weighted by atomic mass is 9.73. The predicted molar refractivity (Wildman–Crippen MR) is 77.0 cm³/mol. The van der Waals surface area contributed by atoms with Gasteiger partial charge in [0.05, 0.1) is 0 Å². The van der Waals surface area contributed by atoms with Crippen molar-refractivity contribution in [1.82, 2.24) is 4.90 Å². The molecule has 0 radical (unpaired) electrons. The first-order valence-corrected chi connectivity index (χ1v) is 7.08. The fraction of sp³-hybridized carbons (Fsp3) is 0.467. The van der Waals surface area contributed by atoms with E-state index in [0.29, 0.717) is 0 Å². The van der Waals surface area contributed by atoms with Crippen LogP contribution in [-0.2, 0) is 9.53 Å². The molecule has 104 valence electrons. The van der Waals surface area contributed by atoms with Crippen LogP contribution in [0.5, 0.6) is 0 Å². The molecule has 1 saturated heterocycles. The molecule has 1 aliphatic heterocycles. The third-order valence-electron chi connectivity index (χ3n) is 4.75. The van der Waals surface area contributed by atoms with Crippen LogP contribution in [0, 0.1) is 5.41 Å². The summed E-state index contributed by atoms with van der Waals surface area (Å²) in [6, 6.07) is 9.30. The lowest BCUT2D eigenvalue weighted by Crippen LogP contribution is -2.38. The van der Waals surface area contributed by atoms with Gasteiger partial charge in [0.15, 0.2) is 0 Å². The van der Waals surface area contributed by atoms with Gasteiger partial charge in [0.2, 0.25) is 5.91 Å². The number of nitrogens with zero attached hydrogens (tertiary/aromatic N) is 1. The van der Waals surface area contributed by atoms with Crippen molar-refractivity contribution < 1.29 is 14.3 Å². The molecule has 1 saturated carbocycles.